The summed E-state index contributed by atoms with van der Waals surface area (Å²) in [5, 5.41) is 3.28. The molecule has 8 nitrogen and oxygen atoms in total. The number of hydrogen-bond acceptors (Lipinski definition) is 6. The third-order valence-electron chi connectivity index (χ3n) is 4.35. The number of nitrogen functional groups attached to an aromatic ring is 1. The van der Waals surface area contributed by atoms with Crippen LogP contribution in [0.5, 0.6) is 11.5 Å². The molecule has 1 atom stereocenters. The standard InChI is InChI=1S/C19H21ClN4O4/c1-4-13-19(26)24(18-14(28-13)5-6-16(21)23-18)9-17(25)22-12-7-10(2)11(20)8-15(12)27-3/h5-8,13H,4,9H2,1-3H3,(H2,21,23)(H,22,25). The van der Waals surface area contributed by atoms with Crippen molar-refractivity contribution in [2.24, 2.45) is 0 Å². The van der Waals surface area contributed by atoms with Crippen LogP contribution < -0.4 is 25.4 Å². The monoisotopic (exact) mass is 404 g/mol. The molecule has 1 aliphatic heterocycles. The Kier molecular flexibility index (Phi) is 5.60. The molecule has 2 aromatic rings. The molecule has 0 radical (unpaired) electrons. The highest BCUT2D eigenvalue weighted by molar-refractivity contribution is 6.31. The Hall–Kier alpha value is -3.00. The number of aromatic nitrogens is 1. The minimum absolute atomic E-state index is 0.226. The highest BCUT2D eigenvalue weighted by Gasteiger charge is 2.35. The fraction of sp³-hybridized carbons (Fsp3) is 0.316. The lowest BCUT2D eigenvalue weighted by atomic mass is 10.2. The van der Waals surface area contributed by atoms with Crippen molar-refractivity contribution in [3.63, 3.8) is 0 Å². The number of nitrogens with zero attached hydrogens (tertiary/aromatic N) is 2. The van der Waals surface area contributed by atoms with E-state index in [1.54, 1.807) is 24.3 Å². The smallest absolute Gasteiger partial charge is 0.269 e. The van der Waals surface area contributed by atoms with E-state index in [1.165, 1.54) is 12.0 Å². The summed E-state index contributed by atoms with van der Waals surface area (Å²) in [4.78, 5) is 30.9. The summed E-state index contributed by atoms with van der Waals surface area (Å²) in [5.41, 5.74) is 6.99. The van der Waals surface area contributed by atoms with E-state index >= 15 is 0 Å². The van der Waals surface area contributed by atoms with Crippen LogP contribution in [0.1, 0.15) is 18.9 Å². The predicted molar refractivity (Wildman–Crippen MR) is 107 cm³/mol. The number of anilines is 3. The van der Waals surface area contributed by atoms with E-state index in [0.29, 0.717) is 28.6 Å². The Morgan fingerprint density at radius 3 is 2.86 bits per heavy atom. The van der Waals surface area contributed by atoms with Gasteiger partial charge in [0.2, 0.25) is 5.91 Å². The van der Waals surface area contributed by atoms with Crippen molar-refractivity contribution in [1.82, 2.24) is 4.98 Å². The van der Waals surface area contributed by atoms with Crippen LogP contribution in [0.25, 0.3) is 0 Å². The Labute approximate surface area is 167 Å². The summed E-state index contributed by atoms with van der Waals surface area (Å²) in [6.45, 7) is 3.41. The zero-order valence-corrected chi connectivity index (χ0v) is 16.5. The summed E-state index contributed by atoms with van der Waals surface area (Å²) in [7, 11) is 1.48. The van der Waals surface area contributed by atoms with Crippen LogP contribution >= 0.6 is 11.6 Å². The first-order valence-corrected chi connectivity index (χ1v) is 9.10. The predicted octanol–water partition coefficient (Wildman–Crippen LogP) is 2.78. The number of nitrogens with one attached hydrogen (secondary N) is 1. The fourth-order valence-corrected chi connectivity index (χ4v) is 3.05. The molecule has 1 aromatic carbocycles. The van der Waals surface area contributed by atoms with Gasteiger partial charge in [0.15, 0.2) is 17.7 Å². The Morgan fingerprint density at radius 2 is 2.18 bits per heavy atom. The van der Waals surface area contributed by atoms with Gasteiger partial charge in [-0.3, -0.25) is 14.5 Å². The molecular formula is C19H21ClN4O4. The number of aryl methyl sites for hydroxylation is 1. The topological polar surface area (TPSA) is 107 Å². The van der Waals surface area contributed by atoms with Gasteiger partial charge in [-0.05, 0) is 37.1 Å². The van der Waals surface area contributed by atoms with E-state index in [0.717, 1.165) is 5.56 Å². The molecule has 2 amide bonds. The van der Waals surface area contributed by atoms with Gasteiger partial charge in [-0.2, -0.15) is 0 Å². The lowest BCUT2D eigenvalue weighted by Crippen LogP contribution is -2.49. The van der Waals surface area contributed by atoms with Crippen molar-refractivity contribution in [1.29, 1.82) is 0 Å². The molecule has 0 aliphatic carbocycles. The second kappa shape index (κ2) is 7.93. The average Bonchev–Trinajstić information content (AvgIpc) is 2.66. The summed E-state index contributed by atoms with van der Waals surface area (Å²) >= 11 is 6.10. The Morgan fingerprint density at radius 1 is 1.43 bits per heavy atom. The number of nitrogens with two attached hydrogens (primary N) is 1. The molecule has 1 unspecified atom stereocenters. The molecule has 2 heterocycles. The van der Waals surface area contributed by atoms with Crippen molar-refractivity contribution in [2.75, 3.05) is 29.6 Å². The third-order valence-corrected chi connectivity index (χ3v) is 4.76. The first kappa shape index (κ1) is 19.8. The molecule has 3 rings (SSSR count). The maximum atomic E-state index is 12.7. The Bertz CT molecular complexity index is 934. The summed E-state index contributed by atoms with van der Waals surface area (Å²) in [5.74, 6) is 0.525. The average molecular weight is 405 g/mol. The molecule has 0 saturated heterocycles. The number of benzene rings is 1. The molecule has 9 heteroatoms. The summed E-state index contributed by atoms with van der Waals surface area (Å²) in [6, 6.07) is 6.56. The molecule has 1 aliphatic rings. The van der Waals surface area contributed by atoms with Crippen molar-refractivity contribution >= 4 is 40.7 Å². The summed E-state index contributed by atoms with van der Waals surface area (Å²) in [6.07, 6.45) is -0.219. The minimum Gasteiger partial charge on any atom is -0.495 e. The van der Waals surface area contributed by atoms with Crippen LogP contribution in [0.15, 0.2) is 24.3 Å². The fourth-order valence-electron chi connectivity index (χ4n) is 2.89. The number of carbonyl (C=O) groups excluding carboxylic acids is 2. The van der Waals surface area contributed by atoms with Crippen LogP contribution in [0.3, 0.4) is 0 Å². The number of hydrogen-bond donors (Lipinski definition) is 2. The first-order valence-electron chi connectivity index (χ1n) is 8.72. The number of carbonyl (C=O) groups is 2. The third kappa shape index (κ3) is 3.82. The SMILES string of the molecule is CCC1Oc2ccc(N)nc2N(CC(=O)Nc2cc(C)c(Cl)cc2OC)C1=O. The van der Waals surface area contributed by atoms with Gasteiger partial charge in [-0.1, -0.05) is 18.5 Å². The van der Waals surface area contributed by atoms with E-state index < -0.39 is 12.0 Å². The van der Waals surface area contributed by atoms with Crippen LogP contribution in [0.2, 0.25) is 5.02 Å². The molecule has 148 valence electrons. The second-order valence-electron chi connectivity index (χ2n) is 6.35. The van der Waals surface area contributed by atoms with Crippen molar-refractivity contribution < 1.29 is 19.1 Å². The van der Waals surface area contributed by atoms with Crippen LogP contribution in [-0.4, -0.2) is 36.6 Å². The number of amides is 2. The molecule has 0 saturated carbocycles. The maximum absolute atomic E-state index is 12.7. The van der Waals surface area contributed by atoms with E-state index in [9.17, 15) is 9.59 Å². The zero-order chi connectivity index (χ0) is 20.4. The molecule has 28 heavy (non-hydrogen) atoms. The van der Waals surface area contributed by atoms with Crippen molar-refractivity contribution in [3.8, 4) is 11.5 Å². The molecule has 0 fully saturated rings. The van der Waals surface area contributed by atoms with Gasteiger partial charge in [0, 0.05) is 11.1 Å². The molecule has 0 spiro atoms. The number of methoxy groups -OCH3 is 1. The highest BCUT2D eigenvalue weighted by Crippen LogP contribution is 2.34. The Balaban J connectivity index is 1.86. The number of rotatable bonds is 5. The normalized spacial score (nSPS) is 15.6. The number of fused-ring (bicyclic) bond motifs is 1. The van der Waals surface area contributed by atoms with E-state index in [2.05, 4.69) is 10.3 Å². The van der Waals surface area contributed by atoms with Gasteiger partial charge in [-0.15, -0.1) is 0 Å². The molecule has 0 bridgehead atoms. The van der Waals surface area contributed by atoms with Gasteiger partial charge in [0.1, 0.15) is 18.1 Å². The van der Waals surface area contributed by atoms with Crippen LogP contribution in [-0.2, 0) is 9.59 Å². The van der Waals surface area contributed by atoms with E-state index in [1.807, 2.05) is 13.8 Å². The number of halogens is 1. The van der Waals surface area contributed by atoms with Gasteiger partial charge >= 0.3 is 0 Å². The lowest BCUT2D eigenvalue weighted by molar-refractivity contribution is -0.128. The van der Waals surface area contributed by atoms with Gasteiger partial charge in [-0.25, -0.2) is 4.98 Å². The minimum atomic E-state index is -0.682. The van der Waals surface area contributed by atoms with E-state index in [-0.39, 0.29) is 24.1 Å². The first-order chi connectivity index (χ1) is 13.3. The molecular weight excluding hydrogens is 384 g/mol. The zero-order valence-electron chi connectivity index (χ0n) is 15.8. The second-order valence-corrected chi connectivity index (χ2v) is 6.75. The van der Waals surface area contributed by atoms with Crippen molar-refractivity contribution in [2.45, 2.75) is 26.4 Å². The maximum Gasteiger partial charge on any atom is 0.269 e. The van der Waals surface area contributed by atoms with Gasteiger partial charge in [0.25, 0.3) is 5.91 Å². The van der Waals surface area contributed by atoms with Gasteiger partial charge in [0.05, 0.1) is 12.8 Å². The van der Waals surface area contributed by atoms with Crippen LogP contribution in [0, 0.1) is 6.92 Å². The number of ether oxygens (including phenoxy) is 2. The quantitative estimate of drug-likeness (QED) is 0.793. The van der Waals surface area contributed by atoms with Crippen LogP contribution in [0.4, 0.5) is 17.3 Å². The summed E-state index contributed by atoms with van der Waals surface area (Å²) < 4.78 is 10.9. The largest absolute Gasteiger partial charge is 0.495 e. The molecule has 1 aromatic heterocycles. The molecule has 3 N–H and O–H groups in total. The van der Waals surface area contributed by atoms with Crippen molar-refractivity contribution in [3.05, 3.63) is 34.9 Å². The van der Waals surface area contributed by atoms with E-state index in [4.69, 9.17) is 26.8 Å². The lowest BCUT2D eigenvalue weighted by Gasteiger charge is -2.32. The van der Waals surface area contributed by atoms with Gasteiger partial charge < -0.3 is 20.5 Å². The highest BCUT2D eigenvalue weighted by atomic mass is 35.5. The number of pyridine rings is 1.